The molecule has 0 aromatic carbocycles. The van der Waals surface area contributed by atoms with Gasteiger partial charge in [0.15, 0.2) is 0 Å². The third-order valence-corrected chi connectivity index (χ3v) is 3.36. The van der Waals surface area contributed by atoms with Crippen molar-refractivity contribution in [1.82, 2.24) is 10.2 Å². The molecule has 0 aromatic rings. The first kappa shape index (κ1) is 13.9. The van der Waals surface area contributed by atoms with E-state index in [0.29, 0.717) is 6.04 Å². The third-order valence-electron chi connectivity index (χ3n) is 3.36. The lowest BCUT2D eigenvalue weighted by atomic mass is 9.97. The van der Waals surface area contributed by atoms with Crippen molar-refractivity contribution in [3.05, 3.63) is 0 Å². The van der Waals surface area contributed by atoms with Crippen LogP contribution >= 0.6 is 0 Å². The molecule has 1 aliphatic heterocycles. The predicted octanol–water partition coefficient (Wildman–Crippen LogP) is 0.579. The van der Waals surface area contributed by atoms with E-state index < -0.39 is 0 Å². The van der Waals surface area contributed by atoms with E-state index in [-0.39, 0.29) is 0 Å². The highest BCUT2D eigenvalue weighted by Gasteiger charge is 2.20. The molecule has 1 N–H and O–H groups in total. The molecule has 1 unspecified atom stereocenters. The molecule has 4 nitrogen and oxygen atoms in total. The van der Waals surface area contributed by atoms with Gasteiger partial charge in [0.1, 0.15) is 0 Å². The lowest BCUT2D eigenvalue weighted by Crippen LogP contribution is -2.45. The molecule has 0 amide bonds. The van der Waals surface area contributed by atoms with Crippen LogP contribution in [0.3, 0.4) is 0 Å². The van der Waals surface area contributed by atoms with E-state index in [0.717, 1.165) is 25.7 Å². The van der Waals surface area contributed by atoms with Crippen molar-refractivity contribution in [3.63, 3.8) is 0 Å². The van der Waals surface area contributed by atoms with E-state index in [1.54, 1.807) is 14.2 Å². The van der Waals surface area contributed by atoms with Crippen molar-refractivity contribution in [2.45, 2.75) is 18.9 Å². The van der Waals surface area contributed by atoms with Gasteiger partial charge in [0.25, 0.3) is 0 Å². The second kappa shape index (κ2) is 8.01. The molecule has 1 rings (SSSR count). The molecule has 1 saturated heterocycles. The van der Waals surface area contributed by atoms with Crippen LogP contribution < -0.4 is 5.32 Å². The van der Waals surface area contributed by atoms with Crippen LogP contribution in [0.2, 0.25) is 0 Å². The minimum absolute atomic E-state index is 0.448. The minimum Gasteiger partial charge on any atom is -0.384 e. The number of methoxy groups -OCH3 is 2. The van der Waals surface area contributed by atoms with Gasteiger partial charge in [-0.05, 0) is 38.9 Å². The Morgan fingerprint density at radius 1 is 1.25 bits per heavy atom. The van der Waals surface area contributed by atoms with E-state index in [4.69, 9.17) is 9.47 Å². The largest absolute Gasteiger partial charge is 0.384 e. The van der Waals surface area contributed by atoms with Crippen molar-refractivity contribution in [1.29, 1.82) is 0 Å². The minimum atomic E-state index is 0.448. The summed E-state index contributed by atoms with van der Waals surface area (Å²) in [7, 11) is 5.55. The Balaban J connectivity index is 2.20. The standard InChI is InChI=1S/C12H26N2O2/c1-13-12(10-16-3)8-14-6-4-11(5-7-14)9-15-2/h11-13H,4-10H2,1-3H3. The van der Waals surface area contributed by atoms with Crippen LogP contribution in [0.5, 0.6) is 0 Å². The zero-order valence-electron chi connectivity index (χ0n) is 10.9. The van der Waals surface area contributed by atoms with E-state index in [9.17, 15) is 0 Å². The summed E-state index contributed by atoms with van der Waals surface area (Å²) in [6.07, 6.45) is 2.52. The Morgan fingerprint density at radius 2 is 1.94 bits per heavy atom. The van der Waals surface area contributed by atoms with Gasteiger partial charge in [-0.1, -0.05) is 0 Å². The van der Waals surface area contributed by atoms with Gasteiger partial charge in [-0.3, -0.25) is 0 Å². The number of ether oxygens (including phenoxy) is 2. The summed E-state index contributed by atoms with van der Waals surface area (Å²) in [6, 6.07) is 0.448. The highest BCUT2D eigenvalue weighted by molar-refractivity contribution is 4.76. The van der Waals surface area contributed by atoms with Crippen LogP contribution in [0.25, 0.3) is 0 Å². The van der Waals surface area contributed by atoms with Gasteiger partial charge in [0.2, 0.25) is 0 Å². The van der Waals surface area contributed by atoms with Crippen LogP contribution in [-0.2, 0) is 9.47 Å². The van der Waals surface area contributed by atoms with Gasteiger partial charge < -0.3 is 19.7 Å². The molecule has 0 saturated carbocycles. The number of rotatable bonds is 7. The molecular formula is C12H26N2O2. The lowest BCUT2D eigenvalue weighted by Gasteiger charge is -2.33. The molecule has 0 aromatic heterocycles. The molecule has 96 valence electrons. The Kier molecular flexibility index (Phi) is 6.96. The van der Waals surface area contributed by atoms with Gasteiger partial charge in [0, 0.05) is 33.4 Å². The fourth-order valence-corrected chi connectivity index (χ4v) is 2.31. The van der Waals surface area contributed by atoms with E-state index in [1.807, 2.05) is 7.05 Å². The molecule has 0 radical (unpaired) electrons. The molecule has 0 spiro atoms. The zero-order valence-corrected chi connectivity index (χ0v) is 10.9. The Hall–Kier alpha value is -0.160. The van der Waals surface area contributed by atoms with Crippen LogP contribution in [0.15, 0.2) is 0 Å². The monoisotopic (exact) mass is 230 g/mol. The van der Waals surface area contributed by atoms with Gasteiger partial charge in [-0.25, -0.2) is 0 Å². The third kappa shape index (κ3) is 4.78. The van der Waals surface area contributed by atoms with E-state index in [2.05, 4.69) is 10.2 Å². The second-order valence-corrected chi connectivity index (χ2v) is 4.64. The number of nitrogens with zero attached hydrogens (tertiary/aromatic N) is 1. The summed E-state index contributed by atoms with van der Waals surface area (Å²) in [5.41, 5.74) is 0. The number of piperidine rings is 1. The van der Waals surface area contributed by atoms with E-state index >= 15 is 0 Å². The molecule has 4 heteroatoms. The maximum Gasteiger partial charge on any atom is 0.0628 e. The number of hydrogen-bond donors (Lipinski definition) is 1. The Labute approximate surface area is 99.3 Å². The highest BCUT2D eigenvalue weighted by Crippen LogP contribution is 2.17. The van der Waals surface area contributed by atoms with Gasteiger partial charge in [-0.15, -0.1) is 0 Å². The Morgan fingerprint density at radius 3 is 2.44 bits per heavy atom. The average molecular weight is 230 g/mol. The summed E-state index contributed by atoms with van der Waals surface area (Å²) in [5, 5.41) is 3.30. The van der Waals surface area contributed by atoms with Crippen LogP contribution in [0.1, 0.15) is 12.8 Å². The lowest BCUT2D eigenvalue weighted by molar-refractivity contribution is 0.0852. The Bertz CT molecular complexity index is 170. The number of likely N-dealkylation sites (tertiary alicyclic amines) is 1. The number of nitrogens with one attached hydrogen (secondary N) is 1. The number of likely N-dealkylation sites (N-methyl/N-ethyl adjacent to an activating group) is 1. The normalized spacial score (nSPS) is 21.2. The van der Waals surface area contributed by atoms with Crippen molar-refractivity contribution >= 4 is 0 Å². The number of hydrogen-bond acceptors (Lipinski definition) is 4. The molecule has 0 bridgehead atoms. The first-order valence-corrected chi connectivity index (χ1v) is 6.17. The molecular weight excluding hydrogens is 204 g/mol. The topological polar surface area (TPSA) is 33.7 Å². The first-order valence-electron chi connectivity index (χ1n) is 6.17. The van der Waals surface area contributed by atoms with Crippen molar-refractivity contribution < 1.29 is 9.47 Å². The smallest absolute Gasteiger partial charge is 0.0628 e. The van der Waals surface area contributed by atoms with Gasteiger partial charge >= 0.3 is 0 Å². The maximum atomic E-state index is 5.21. The summed E-state index contributed by atoms with van der Waals surface area (Å²) < 4.78 is 10.4. The molecule has 1 fully saturated rings. The SMILES string of the molecule is CNC(COC)CN1CCC(COC)CC1. The summed E-state index contributed by atoms with van der Waals surface area (Å²) >= 11 is 0. The van der Waals surface area contributed by atoms with Gasteiger partial charge in [-0.2, -0.15) is 0 Å². The maximum absolute atomic E-state index is 5.21. The molecule has 1 atom stereocenters. The van der Waals surface area contributed by atoms with Crippen molar-refractivity contribution in [2.24, 2.45) is 5.92 Å². The van der Waals surface area contributed by atoms with E-state index in [1.165, 1.54) is 25.9 Å². The second-order valence-electron chi connectivity index (χ2n) is 4.64. The summed E-state index contributed by atoms with van der Waals surface area (Å²) in [5.74, 6) is 0.761. The molecule has 0 aliphatic carbocycles. The summed E-state index contributed by atoms with van der Waals surface area (Å²) in [6.45, 7) is 5.17. The fourth-order valence-electron chi connectivity index (χ4n) is 2.31. The quantitative estimate of drug-likeness (QED) is 0.694. The van der Waals surface area contributed by atoms with Gasteiger partial charge in [0.05, 0.1) is 6.61 Å². The molecule has 1 aliphatic rings. The molecule has 1 heterocycles. The molecule has 16 heavy (non-hydrogen) atoms. The first-order chi connectivity index (χ1) is 7.80. The van der Waals surface area contributed by atoms with Crippen molar-refractivity contribution in [3.8, 4) is 0 Å². The predicted molar refractivity (Wildman–Crippen MR) is 65.8 cm³/mol. The van der Waals surface area contributed by atoms with Crippen LogP contribution in [0.4, 0.5) is 0 Å². The van der Waals surface area contributed by atoms with Crippen molar-refractivity contribution in [2.75, 3.05) is 54.1 Å². The fraction of sp³-hybridized carbons (Fsp3) is 1.00. The van der Waals surface area contributed by atoms with Crippen LogP contribution in [-0.4, -0.2) is 65.1 Å². The average Bonchev–Trinajstić information content (AvgIpc) is 2.31. The zero-order chi connectivity index (χ0) is 11.8. The van der Waals surface area contributed by atoms with Crippen LogP contribution in [0, 0.1) is 5.92 Å². The summed E-state index contributed by atoms with van der Waals surface area (Å²) in [4.78, 5) is 2.52. The highest BCUT2D eigenvalue weighted by atomic mass is 16.5.